The summed E-state index contributed by atoms with van der Waals surface area (Å²) in [6, 6.07) is 11.7. The number of nitrogens with one attached hydrogen (secondary N) is 1. The number of pyridine rings is 2. The summed E-state index contributed by atoms with van der Waals surface area (Å²) in [5.41, 5.74) is -1.39. The lowest BCUT2D eigenvalue weighted by Gasteiger charge is -2.21. The van der Waals surface area contributed by atoms with Gasteiger partial charge < -0.3 is 10.4 Å². The molecule has 2 N–H and O–H groups in total. The lowest BCUT2D eigenvalue weighted by Crippen LogP contribution is -2.32. The summed E-state index contributed by atoms with van der Waals surface area (Å²) in [5.74, 6) is -1.19. The molecular weight excluding hydrogens is 574 g/mol. The van der Waals surface area contributed by atoms with Crippen LogP contribution in [0.5, 0.6) is 0 Å². The predicted molar refractivity (Wildman–Crippen MR) is 149 cm³/mol. The third-order valence-corrected chi connectivity index (χ3v) is 8.46. The van der Waals surface area contributed by atoms with E-state index in [4.69, 9.17) is 11.6 Å². The number of aryl methyl sites for hydroxylation is 2. The number of hydrogen-bond acceptors (Lipinski definition) is 4. The molecule has 0 spiro atoms. The van der Waals surface area contributed by atoms with Crippen LogP contribution in [0.25, 0.3) is 16.9 Å². The van der Waals surface area contributed by atoms with E-state index in [2.05, 4.69) is 10.3 Å². The topological polar surface area (TPSA) is 84.2 Å². The fraction of sp³-hybridized carbons (Fsp3) is 0.258. The predicted octanol–water partition coefficient (Wildman–Crippen LogP) is 6.76. The molecule has 6 nitrogen and oxygen atoms in total. The van der Waals surface area contributed by atoms with Crippen LogP contribution in [0.3, 0.4) is 0 Å². The number of carbonyl (C=O) groups excluding carboxylic acids is 1. The fourth-order valence-electron chi connectivity index (χ4n) is 5.83. The van der Waals surface area contributed by atoms with Gasteiger partial charge in [0.05, 0.1) is 16.9 Å². The molecule has 2 unspecified atom stereocenters. The minimum absolute atomic E-state index is 0.00210. The summed E-state index contributed by atoms with van der Waals surface area (Å²) in [5, 5.41) is 12.9. The van der Waals surface area contributed by atoms with Crippen molar-refractivity contribution in [1.82, 2.24) is 9.55 Å². The molecule has 1 saturated carbocycles. The fourth-order valence-corrected chi connectivity index (χ4v) is 6.11. The summed E-state index contributed by atoms with van der Waals surface area (Å²) < 4.78 is 57.0. The quantitative estimate of drug-likeness (QED) is 0.255. The van der Waals surface area contributed by atoms with Gasteiger partial charge in [-0.15, -0.1) is 0 Å². The molecule has 1 aliphatic carbocycles. The van der Waals surface area contributed by atoms with Crippen LogP contribution in [0.1, 0.15) is 58.7 Å². The van der Waals surface area contributed by atoms with Crippen molar-refractivity contribution in [2.45, 2.75) is 50.8 Å². The number of nitrogens with zero attached hydrogens (tertiary/aromatic N) is 2. The standard InChI is InChI=1S/C31H24ClF4N3O3/c1-14-13-37-23(17-9-22(31(34,35)36)26-24(10-17)38-29(41)30(26,3)42)12-25(14)39-15(2)8-21(27(32)28(39)40)20-11-19(20)16-4-6-18(33)7-5-16/h4-10,12-13,19-20,42H,11H2,1-3H3,(H,38,41)/t19?,20-,30?/m1/s1. The zero-order valence-electron chi connectivity index (χ0n) is 22.6. The molecule has 1 amide bonds. The molecule has 4 aromatic rings. The van der Waals surface area contributed by atoms with Crippen molar-refractivity contribution in [2.75, 3.05) is 5.32 Å². The molecule has 3 atom stereocenters. The van der Waals surface area contributed by atoms with Crippen molar-refractivity contribution in [3.63, 3.8) is 0 Å². The second kappa shape index (κ2) is 9.50. The van der Waals surface area contributed by atoms with E-state index in [1.165, 1.54) is 35.0 Å². The molecule has 0 bridgehead atoms. The van der Waals surface area contributed by atoms with Crippen molar-refractivity contribution >= 4 is 23.2 Å². The Kier molecular flexibility index (Phi) is 6.36. The zero-order chi connectivity index (χ0) is 30.3. The van der Waals surface area contributed by atoms with Crippen molar-refractivity contribution in [3.8, 4) is 16.9 Å². The number of benzene rings is 2. The Balaban J connectivity index is 1.42. The Morgan fingerprint density at radius 1 is 1.07 bits per heavy atom. The number of fused-ring (bicyclic) bond motifs is 1. The van der Waals surface area contributed by atoms with Crippen LogP contribution in [0, 0.1) is 19.7 Å². The Hall–Kier alpha value is -4.02. The van der Waals surface area contributed by atoms with Crippen LogP contribution < -0.4 is 10.9 Å². The normalized spacial score (nSPS) is 21.3. The molecule has 3 heterocycles. The molecule has 2 aromatic carbocycles. The maximum atomic E-state index is 14.1. The SMILES string of the molecule is Cc1cnc(-c2cc3c(c(C(F)(F)F)c2)C(C)(O)C(=O)N3)cc1-n1c(C)cc([C@@H]2CC2c2ccc(F)cc2)c(Cl)c1=O. The van der Waals surface area contributed by atoms with Crippen molar-refractivity contribution in [3.05, 3.63) is 109 Å². The second-order valence-corrected chi connectivity index (χ2v) is 11.4. The van der Waals surface area contributed by atoms with Gasteiger partial charge in [-0.1, -0.05) is 23.7 Å². The zero-order valence-corrected chi connectivity index (χ0v) is 23.4. The Labute approximate surface area is 242 Å². The monoisotopic (exact) mass is 597 g/mol. The molecule has 1 aliphatic heterocycles. The third-order valence-electron chi connectivity index (χ3n) is 8.08. The highest BCUT2D eigenvalue weighted by Gasteiger charge is 2.48. The molecule has 42 heavy (non-hydrogen) atoms. The number of rotatable bonds is 4. The molecule has 0 radical (unpaired) electrons. The van der Waals surface area contributed by atoms with Gasteiger partial charge in [0, 0.05) is 28.7 Å². The van der Waals surface area contributed by atoms with Crippen LogP contribution >= 0.6 is 11.6 Å². The van der Waals surface area contributed by atoms with Gasteiger partial charge in [0.1, 0.15) is 10.8 Å². The van der Waals surface area contributed by atoms with Gasteiger partial charge in [0.15, 0.2) is 5.60 Å². The number of anilines is 1. The number of alkyl halides is 3. The highest BCUT2D eigenvalue weighted by atomic mass is 35.5. The largest absolute Gasteiger partial charge is 0.416 e. The number of halogens is 5. The van der Waals surface area contributed by atoms with E-state index in [9.17, 15) is 32.3 Å². The second-order valence-electron chi connectivity index (χ2n) is 11.0. The van der Waals surface area contributed by atoms with E-state index < -0.39 is 34.4 Å². The van der Waals surface area contributed by atoms with E-state index in [1.807, 2.05) is 6.07 Å². The van der Waals surface area contributed by atoms with Gasteiger partial charge in [-0.25, -0.2) is 4.39 Å². The Morgan fingerprint density at radius 2 is 1.76 bits per heavy atom. The van der Waals surface area contributed by atoms with Crippen LogP contribution in [0.15, 0.2) is 59.5 Å². The van der Waals surface area contributed by atoms with E-state index in [1.54, 1.807) is 26.0 Å². The Bertz CT molecular complexity index is 1850. The maximum Gasteiger partial charge on any atom is 0.416 e. The minimum Gasteiger partial charge on any atom is -0.375 e. The number of aliphatic hydroxyl groups is 1. The summed E-state index contributed by atoms with van der Waals surface area (Å²) in [6.45, 7) is 4.47. The van der Waals surface area contributed by atoms with Gasteiger partial charge in [-0.05, 0) is 92.1 Å². The lowest BCUT2D eigenvalue weighted by atomic mass is 9.90. The van der Waals surface area contributed by atoms with Crippen molar-refractivity contribution in [2.24, 2.45) is 0 Å². The van der Waals surface area contributed by atoms with Gasteiger partial charge in [0.25, 0.3) is 11.5 Å². The highest BCUT2D eigenvalue weighted by Crippen LogP contribution is 2.56. The maximum absolute atomic E-state index is 14.1. The summed E-state index contributed by atoms with van der Waals surface area (Å²) in [6.07, 6.45) is -2.66. The third kappa shape index (κ3) is 4.49. The Morgan fingerprint density at radius 3 is 2.43 bits per heavy atom. The van der Waals surface area contributed by atoms with Gasteiger partial charge >= 0.3 is 6.18 Å². The first-order valence-corrected chi connectivity index (χ1v) is 13.5. The number of amides is 1. The van der Waals surface area contributed by atoms with Crippen LogP contribution in [0.4, 0.5) is 23.2 Å². The van der Waals surface area contributed by atoms with Crippen LogP contribution in [-0.2, 0) is 16.6 Å². The molecule has 2 aliphatic rings. The van der Waals surface area contributed by atoms with E-state index in [-0.39, 0.29) is 39.6 Å². The average molecular weight is 598 g/mol. The van der Waals surface area contributed by atoms with Gasteiger partial charge in [0.2, 0.25) is 0 Å². The number of carbonyl (C=O) groups is 1. The molecule has 2 aromatic heterocycles. The number of hydrogen-bond donors (Lipinski definition) is 2. The van der Waals surface area contributed by atoms with Crippen LogP contribution in [0.2, 0.25) is 5.02 Å². The lowest BCUT2D eigenvalue weighted by molar-refractivity contribution is -0.142. The summed E-state index contributed by atoms with van der Waals surface area (Å²) >= 11 is 6.62. The molecule has 6 rings (SSSR count). The smallest absolute Gasteiger partial charge is 0.375 e. The minimum atomic E-state index is -4.87. The van der Waals surface area contributed by atoms with Crippen LogP contribution in [-0.4, -0.2) is 20.6 Å². The molecule has 0 saturated heterocycles. The molecular formula is C31H24ClF4N3O3. The summed E-state index contributed by atoms with van der Waals surface area (Å²) in [7, 11) is 0. The molecule has 1 fully saturated rings. The van der Waals surface area contributed by atoms with Gasteiger partial charge in [-0.3, -0.25) is 19.1 Å². The number of aromatic nitrogens is 2. The molecule has 11 heteroatoms. The first-order valence-electron chi connectivity index (χ1n) is 13.1. The molecule has 216 valence electrons. The van der Waals surface area contributed by atoms with Crippen molar-refractivity contribution in [1.29, 1.82) is 0 Å². The van der Waals surface area contributed by atoms with E-state index in [0.717, 1.165) is 25.0 Å². The van der Waals surface area contributed by atoms with E-state index in [0.29, 0.717) is 22.5 Å². The first-order chi connectivity index (χ1) is 19.7. The first kappa shape index (κ1) is 28.1. The highest BCUT2D eigenvalue weighted by molar-refractivity contribution is 6.31. The van der Waals surface area contributed by atoms with Crippen molar-refractivity contribution < 1.29 is 27.5 Å². The average Bonchev–Trinajstić information content (AvgIpc) is 3.67. The summed E-state index contributed by atoms with van der Waals surface area (Å²) in [4.78, 5) is 30.2. The van der Waals surface area contributed by atoms with E-state index >= 15 is 0 Å². The van der Waals surface area contributed by atoms with Gasteiger partial charge in [-0.2, -0.15) is 13.2 Å².